The van der Waals surface area contributed by atoms with E-state index >= 15 is 0 Å². The van der Waals surface area contributed by atoms with E-state index in [1.165, 1.54) is 0 Å². The fraction of sp³-hybridized carbons (Fsp3) is 0.500. The Labute approximate surface area is 124 Å². The van der Waals surface area contributed by atoms with Gasteiger partial charge in [-0.3, -0.25) is 0 Å². The average molecular weight is 345 g/mol. The van der Waals surface area contributed by atoms with Crippen LogP contribution in [0.25, 0.3) is 10.8 Å². The summed E-state index contributed by atoms with van der Waals surface area (Å²) >= 11 is 5.01. The van der Waals surface area contributed by atoms with Crippen LogP contribution < -0.4 is 5.73 Å². The summed E-state index contributed by atoms with van der Waals surface area (Å²) in [7, 11) is 0. The normalized spacial score (nSPS) is 13.1. The van der Waals surface area contributed by atoms with Crippen LogP contribution in [0.5, 0.6) is 0 Å². The quantitative estimate of drug-likeness (QED) is 0.872. The van der Waals surface area contributed by atoms with Crippen molar-refractivity contribution in [2.75, 3.05) is 19.6 Å². The van der Waals surface area contributed by atoms with Crippen LogP contribution in [0.15, 0.2) is 20.4 Å². The molecule has 2 aromatic heterocycles. The highest BCUT2D eigenvalue weighted by Gasteiger charge is 2.19. The molecule has 5 nitrogen and oxygen atoms in total. The summed E-state index contributed by atoms with van der Waals surface area (Å²) in [6.45, 7) is 6.88. The number of nitrogens with zero attached hydrogens (tertiary/aromatic N) is 3. The van der Waals surface area contributed by atoms with Crippen LogP contribution in [-0.4, -0.2) is 34.7 Å². The fourth-order valence-electron chi connectivity index (χ4n) is 1.77. The second-order valence-corrected chi connectivity index (χ2v) is 5.92. The highest BCUT2D eigenvalue weighted by Crippen LogP contribution is 2.32. The van der Waals surface area contributed by atoms with E-state index in [-0.39, 0.29) is 6.04 Å². The maximum Gasteiger partial charge on any atom is 0.269 e. The summed E-state index contributed by atoms with van der Waals surface area (Å²) in [5.74, 6) is 1.08. The summed E-state index contributed by atoms with van der Waals surface area (Å²) in [5, 5.41) is 5.95. The summed E-state index contributed by atoms with van der Waals surface area (Å²) in [5.41, 5.74) is 6.12. The van der Waals surface area contributed by atoms with Crippen LogP contribution in [0.2, 0.25) is 0 Å². The highest BCUT2D eigenvalue weighted by atomic mass is 79.9. The molecule has 2 rings (SSSR count). The van der Waals surface area contributed by atoms with Crippen molar-refractivity contribution in [2.24, 2.45) is 5.73 Å². The molecule has 2 heterocycles. The van der Waals surface area contributed by atoms with Gasteiger partial charge in [-0.05, 0) is 40.5 Å². The Hall–Kier alpha value is -0.760. The smallest absolute Gasteiger partial charge is 0.269 e. The lowest BCUT2D eigenvalue weighted by Crippen LogP contribution is -2.32. The number of likely N-dealkylation sites (N-methyl/N-ethyl adjacent to an activating group) is 1. The first-order valence-corrected chi connectivity index (χ1v) is 7.87. The van der Waals surface area contributed by atoms with Gasteiger partial charge in [-0.2, -0.15) is 4.98 Å². The lowest BCUT2D eigenvalue weighted by Gasteiger charge is -2.20. The molecule has 0 fully saturated rings. The fourth-order valence-corrected chi connectivity index (χ4v) is 3.23. The zero-order valence-electron chi connectivity index (χ0n) is 11.0. The standard InChI is InChI=1S/C12H17BrN4OS/c1-3-17(4-2)7-9(14)11-15-12(18-16-11)10-8(13)5-6-19-10/h5-6,9H,3-4,7,14H2,1-2H3. The number of hydrogen-bond donors (Lipinski definition) is 1. The highest BCUT2D eigenvalue weighted by molar-refractivity contribution is 9.10. The van der Waals surface area contributed by atoms with E-state index < -0.39 is 0 Å². The Morgan fingerprint density at radius 2 is 2.21 bits per heavy atom. The van der Waals surface area contributed by atoms with Crippen molar-refractivity contribution in [1.82, 2.24) is 15.0 Å². The van der Waals surface area contributed by atoms with E-state index in [4.69, 9.17) is 10.3 Å². The first-order chi connectivity index (χ1) is 9.15. The van der Waals surface area contributed by atoms with Gasteiger partial charge in [-0.25, -0.2) is 0 Å². The number of nitrogens with two attached hydrogens (primary N) is 1. The van der Waals surface area contributed by atoms with Gasteiger partial charge in [-0.15, -0.1) is 11.3 Å². The third-order valence-corrected chi connectivity index (χ3v) is 4.76. The molecule has 0 saturated heterocycles. The Morgan fingerprint density at radius 3 is 2.79 bits per heavy atom. The Kier molecular flexibility index (Phi) is 5.09. The SMILES string of the molecule is CCN(CC)CC(N)c1noc(-c2sccc2Br)n1. The van der Waals surface area contributed by atoms with Crippen molar-refractivity contribution in [3.63, 3.8) is 0 Å². The van der Waals surface area contributed by atoms with E-state index in [2.05, 4.69) is 44.8 Å². The van der Waals surface area contributed by atoms with Crippen LogP contribution in [0, 0.1) is 0 Å². The monoisotopic (exact) mass is 344 g/mol. The van der Waals surface area contributed by atoms with E-state index in [0.717, 1.165) is 29.0 Å². The van der Waals surface area contributed by atoms with E-state index in [9.17, 15) is 0 Å². The van der Waals surface area contributed by atoms with Crippen molar-refractivity contribution >= 4 is 27.3 Å². The third-order valence-electron chi connectivity index (χ3n) is 2.93. The van der Waals surface area contributed by atoms with Crippen LogP contribution in [0.3, 0.4) is 0 Å². The van der Waals surface area contributed by atoms with Crippen molar-refractivity contribution < 1.29 is 4.52 Å². The minimum absolute atomic E-state index is 0.226. The van der Waals surface area contributed by atoms with Crippen LogP contribution in [0.4, 0.5) is 0 Å². The van der Waals surface area contributed by atoms with Crippen LogP contribution in [0.1, 0.15) is 25.7 Å². The Balaban J connectivity index is 2.11. The molecule has 1 atom stereocenters. The van der Waals surface area contributed by atoms with Gasteiger partial charge in [0.25, 0.3) is 5.89 Å². The lowest BCUT2D eigenvalue weighted by atomic mass is 10.2. The number of aromatic nitrogens is 2. The van der Waals surface area contributed by atoms with E-state index in [0.29, 0.717) is 11.7 Å². The molecule has 0 radical (unpaired) electrons. The molecule has 1 unspecified atom stereocenters. The number of thiophene rings is 1. The molecule has 0 aliphatic rings. The van der Waals surface area contributed by atoms with Crippen LogP contribution in [-0.2, 0) is 0 Å². The largest absolute Gasteiger partial charge is 0.333 e. The molecule has 2 aromatic rings. The van der Waals surface area contributed by atoms with Crippen LogP contribution >= 0.6 is 27.3 Å². The van der Waals surface area contributed by atoms with Gasteiger partial charge in [0.2, 0.25) is 0 Å². The molecule has 104 valence electrons. The molecule has 0 amide bonds. The minimum Gasteiger partial charge on any atom is -0.333 e. The molecule has 0 saturated carbocycles. The zero-order chi connectivity index (χ0) is 13.8. The summed E-state index contributed by atoms with van der Waals surface area (Å²) < 4.78 is 6.24. The van der Waals surface area contributed by atoms with Gasteiger partial charge < -0.3 is 15.2 Å². The summed E-state index contributed by atoms with van der Waals surface area (Å²) in [6, 6.07) is 1.73. The number of halogens is 1. The Morgan fingerprint density at radius 1 is 1.47 bits per heavy atom. The number of hydrogen-bond acceptors (Lipinski definition) is 6. The van der Waals surface area contributed by atoms with E-state index in [1.54, 1.807) is 11.3 Å². The molecule has 0 aromatic carbocycles. The number of rotatable bonds is 6. The van der Waals surface area contributed by atoms with Gasteiger partial charge in [-0.1, -0.05) is 19.0 Å². The molecule has 0 aliphatic carbocycles. The molecule has 0 spiro atoms. The van der Waals surface area contributed by atoms with Crippen molar-refractivity contribution in [3.05, 3.63) is 21.7 Å². The molecule has 0 bridgehead atoms. The molecular formula is C12H17BrN4OS. The second-order valence-electron chi connectivity index (χ2n) is 4.15. The van der Waals surface area contributed by atoms with Gasteiger partial charge in [0.1, 0.15) is 4.88 Å². The first kappa shape index (κ1) is 14.6. The Bertz CT molecular complexity index is 523. The summed E-state index contributed by atoms with van der Waals surface area (Å²) in [4.78, 5) is 7.56. The predicted octanol–water partition coefficient (Wildman–Crippen LogP) is 2.90. The van der Waals surface area contributed by atoms with Crippen molar-refractivity contribution in [1.29, 1.82) is 0 Å². The second kappa shape index (κ2) is 6.60. The molecule has 19 heavy (non-hydrogen) atoms. The van der Waals surface area contributed by atoms with Crippen molar-refractivity contribution in [3.8, 4) is 10.8 Å². The van der Waals surface area contributed by atoms with Gasteiger partial charge >= 0.3 is 0 Å². The first-order valence-electron chi connectivity index (χ1n) is 6.20. The topological polar surface area (TPSA) is 68.2 Å². The van der Waals surface area contributed by atoms with Gasteiger partial charge in [0, 0.05) is 11.0 Å². The predicted molar refractivity (Wildman–Crippen MR) is 80.0 cm³/mol. The maximum atomic E-state index is 6.12. The lowest BCUT2D eigenvalue weighted by molar-refractivity contribution is 0.278. The van der Waals surface area contributed by atoms with Gasteiger partial charge in [0.05, 0.1) is 6.04 Å². The molecular weight excluding hydrogens is 328 g/mol. The molecule has 2 N–H and O–H groups in total. The zero-order valence-corrected chi connectivity index (χ0v) is 13.4. The van der Waals surface area contributed by atoms with Gasteiger partial charge in [0.15, 0.2) is 5.82 Å². The molecule has 0 aliphatic heterocycles. The molecule has 7 heteroatoms. The third kappa shape index (κ3) is 3.42. The average Bonchev–Trinajstić information content (AvgIpc) is 3.03. The van der Waals surface area contributed by atoms with Crippen molar-refractivity contribution in [2.45, 2.75) is 19.9 Å². The maximum absolute atomic E-state index is 6.12. The van der Waals surface area contributed by atoms with E-state index in [1.807, 2.05) is 11.4 Å². The minimum atomic E-state index is -0.226. The summed E-state index contributed by atoms with van der Waals surface area (Å²) in [6.07, 6.45) is 0.